The van der Waals surface area contributed by atoms with Gasteiger partial charge in [-0.15, -0.1) is 0 Å². The molecule has 0 amide bonds. The Bertz CT molecular complexity index is 327. The summed E-state index contributed by atoms with van der Waals surface area (Å²) in [7, 11) is 0. The Morgan fingerprint density at radius 3 is 2.77 bits per heavy atom. The molecule has 0 atom stereocenters. The SMILES string of the molecule is Cc1cc(N)cc(C#CCCS)c1. The summed E-state index contributed by atoms with van der Waals surface area (Å²) in [6.07, 6.45) is 0.816. The van der Waals surface area contributed by atoms with Crippen LogP contribution < -0.4 is 5.73 Å². The van der Waals surface area contributed by atoms with Crippen molar-refractivity contribution >= 4 is 18.3 Å². The standard InChI is InChI=1S/C11H13NS/c1-9-6-10(4-2-3-5-13)8-11(12)7-9/h6-8,13H,3,5,12H2,1H3. The fourth-order valence-corrected chi connectivity index (χ4v) is 1.22. The summed E-state index contributed by atoms with van der Waals surface area (Å²) in [5.41, 5.74) is 8.59. The lowest BCUT2D eigenvalue weighted by atomic mass is 10.1. The highest BCUT2D eigenvalue weighted by Gasteiger charge is 1.91. The number of rotatable bonds is 1. The van der Waals surface area contributed by atoms with Crippen LogP contribution in [0.25, 0.3) is 0 Å². The molecular weight excluding hydrogens is 178 g/mol. The quantitative estimate of drug-likeness (QED) is 0.397. The monoisotopic (exact) mass is 191 g/mol. The van der Waals surface area contributed by atoms with Crippen LogP contribution in [0.1, 0.15) is 17.5 Å². The van der Waals surface area contributed by atoms with E-state index in [1.165, 1.54) is 0 Å². The molecule has 0 unspecified atom stereocenters. The molecule has 0 aliphatic carbocycles. The van der Waals surface area contributed by atoms with Crippen LogP contribution in [0.15, 0.2) is 18.2 Å². The normalized spacial score (nSPS) is 9.08. The number of hydrogen-bond donors (Lipinski definition) is 2. The fourth-order valence-electron chi connectivity index (χ4n) is 1.11. The van der Waals surface area contributed by atoms with Crippen molar-refractivity contribution in [1.29, 1.82) is 0 Å². The van der Waals surface area contributed by atoms with E-state index in [0.29, 0.717) is 0 Å². The van der Waals surface area contributed by atoms with E-state index in [4.69, 9.17) is 5.73 Å². The van der Waals surface area contributed by atoms with Gasteiger partial charge in [-0.05, 0) is 30.7 Å². The number of benzene rings is 1. The van der Waals surface area contributed by atoms with E-state index in [2.05, 4.69) is 24.5 Å². The second-order valence-corrected chi connectivity index (χ2v) is 3.35. The first kappa shape index (κ1) is 10.0. The highest BCUT2D eigenvalue weighted by atomic mass is 32.1. The molecule has 0 heterocycles. The minimum Gasteiger partial charge on any atom is -0.399 e. The molecule has 1 nitrogen and oxygen atoms in total. The Morgan fingerprint density at radius 2 is 2.15 bits per heavy atom. The zero-order valence-electron chi connectivity index (χ0n) is 7.67. The van der Waals surface area contributed by atoms with Crippen LogP contribution in [0, 0.1) is 18.8 Å². The molecule has 0 aromatic heterocycles. The second kappa shape index (κ2) is 4.84. The van der Waals surface area contributed by atoms with Gasteiger partial charge in [0.05, 0.1) is 0 Å². The van der Waals surface area contributed by atoms with Gasteiger partial charge < -0.3 is 5.73 Å². The minimum atomic E-state index is 0.773. The molecule has 1 rings (SSSR count). The Balaban J connectivity index is 2.85. The fraction of sp³-hybridized carbons (Fsp3) is 0.273. The van der Waals surface area contributed by atoms with Gasteiger partial charge in [0.25, 0.3) is 0 Å². The third-order valence-corrected chi connectivity index (χ3v) is 1.79. The largest absolute Gasteiger partial charge is 0.399 e. The molecule has 2 N–H and O–H groups in total. The molecule has 1 aromatic carbocycles. The molecule has 13 heavy (non-hydrogen) atoms. The van der Waals surface area contributed by atoms with Crippen molar-refractivity contribution in [2.24, 2.45) is 0 Å². The molecule has 0 fully saturated rings. The van der Waals surface area contributed by atoms with E-state index in [9.17, 15) is 0 Å². The van der Waals surface area contributed by atoms with Crippen molar-refractivity contribution in [3.8, 4) is 11.8 Å². The molecule has 68 valence electrons. The van der Waals surface area contributed by atoms with Gasteiger partial charge in [0.1, 0.15) is 0 Å². The Kier molecular flexibility index (Phi) is 3.72. The van der Waals surface area contributed by atoms with Crippen molar-refractivity contribution < 1.29 is 0 Å². The molecule has 1 aromatic rings. The second-order valence-electron chi connectivity index (χ2n) is 2.91. The maximum atomic E-state index is 5.68. The lowest BCUT2D eigenvalue weighted by Gasteiger charge is -1.97. The zero-order valence-corrected chi connectivity index (χ0v) is 8.57. The third kappa shape index (κ3) is 3.43. The molecule has 0 spiro atoms. The first-order chi connectivity index (χ1) is 6.22. The van der Waals surface area contributed by atoms with E-state index in [1.807, 2.05) is 25.1 Å². The van der Waals surface area contributed by atoms with E-state index in [1.54, 1.807) is 0 Å². The van der Waals surface area contributed by atoms with Crippen molar-refractivity contribution in [3.63, 3.8) is 0 Å². The van der Waals surface area contributed by atoms with Gasteiger partial charge >= 0.3 is 0 Å². The smallest absolute Gasteiger partial charge is 0.0329 e. The average Bonchev–Trinajstić information content (AvgIpc) is 2.03. The zero-order chi connectivity index (χ0) is 9.68. The lowest BCUT2D eigenvalue weighted by molar-refractivity contribution is 1.31. The van der Waals surface area contributed by atoms with Crippen LogP contribution in [-0.2, 0) is 0 Å². The minimum absolute atomic E-state index is 0.773. The summed E-state index contributed by atoms with van der Waals surface area (Å²) >= 11 is 4.08. The summed E-state index contributed by atoms with van der Waals surface area (Å²) in [6.45, 7) is 2.01. The summed E-state index contributed by atoms with van der Waals surface area (Å²) in [4.78, 5) is 0. The van der Waals surface area contributed by atoms with Gasteiger partial charge in [-0.25, -0.2) is 0 Å². The number of thiol groups is 1. The van der Waals surface area contributed by atoms with E-state index < -0.39 is 0 Å². The van der Waals surface area contributed by atoms with Crippen molar-refractivity contribution in [3.05, 3.63) is 29.3 Å². The topological polar surface area (TPSA) is 26.0 Å². The van der Waals surface area contributed by atoms with Crippen molar-refractivity contribution in [2.45, 2.75) is 13.3 Å². The first-order valence-corrected chi connectivity index (χ1v) is 4.82. The summed E-state index contributed by atoms with van der Waals surface area (Å²) < 4.78 is 0. The van der Waals surface area contributed by atoms with E-state index in [-0.39, 0.29) is 0 Å². The molecule has 0 saturated carbocycles. The van der Waals surface area contributed by atoms with Crippen LogP contribution in [-0.4, -0.2) is 5.75 Å². The summed E-state index contributed by atoms with van der Waals surface area (Å²) in [5.74, 6) is 6.87. The third-order valence-electron chi connectivity index (χ3n) is 1.57. The molecule has 0 bridgehead atoms. The average molecular weight is 191 g/mol. The predicted octanol–water partition coefficient (Wildman–Crippen LogP) is 2.25. The highest BCUT2D eigenvalue weighted by Crippen LogP contribution is 2.09. The maximum absolute atomic E-state index is 5.68. The van der Waals surface area contributed by atoms with Gasteiger partial charge in [-0.3, -0.25) is 0 Å². The first-order valence-electron chi connectivity index (χ1n) is 4.19. The highest BCUT2D eigenvalue weighted by molar-refractivity contribution is 7.80. The lowest BCUT2D eigenvalue weighted by Crippen LogP contribution is -1.87. The van der Waals surface area contributed by atoms with E-state index in [0.717, 1.165) is 29.0 Å². The van der Waals surface area contributed by atoms with Crippen LogP contribution in [0.2, 0.25) is 0 Å². The van der Waals surface area contributed by atoms with Gasteiger partial charge in [0, 0.05) is 23.4 Å². The predicted molar refractivity (Wildman–Crippen MR) is 60.9 cm³/mol. The van der Waals surface area contributed by atoms with Crippen LogP contribution in [0.3, 0.4) is 0 Å². The number of anilines is 1. The summed E-state index contributed by atoms with van der Waals surface area (Å²) in [5, 5.41) is 0. The number of hydrogen-bond acceptors (Lipinski definition) is 2. The molecule has 0 aliphatic heterocycles. The molecule has 0 radical (unpaired) electrons. The van der Waals surface area contributed by atoms with Gasteiger partial charge in [0.2, 0.25) is 0 Å². The van der Waals surface area contributed by atoms with Gasteiger partial charge in [-0.1, -0.05) is 11.8 Å². The number of aryl methyl sites for hydroxylation is 1. The number of nitrogens with two attached hydrogens (primary N) is 1. The van der Waals surface area contributed by atoms with Crippen LogP contribution in [0.4, 0.5) is 5.69 Å². The Morgan fingerprint density at radius 1 is 1.38 bits per heavy atom. The maximum Gasteiger partial charge on any atom is 0.0329 e. The van der Waals surface area contributed by atoms with Crippen molar-refractivity contribution in [2.75, 3.05) is 11.5 Å². The molecule has 0 saturated heterocycles. The van der Waals surface area contributed by atoms with Crippen molar-refractivity contribution in [1.82, 2.24) is 0 Å². The van der Waals surface area contributed by atoms with Crippen LogP contribution >= 0.6 is 12.6 Å². The molecule has 0 aliphatic rings. The Hall–Kier alpha value is -1.07. The number of nitrogen functional groups attached to an aromatic ring is 1. The van der Waals surface area contributed by atoms with Gasteiger partial charge in [-0.2, -0.15) is 12.6 Å². The molecular formula is C11H13NS. The van der Waals surface area contributed by atoms with E-state index >= 15 is 0 Å². The Labute approximate surface area is 84.8 Å². The van der Waals surface area contributed by atoms with Gasteiger partial charge in [0.15, 0.2) is 0 Å². The summed E-state index contributed by atoms with van der Waals surface area (Å²) in [6, 6.07) is 5.85. The van der Waals surface area contributed by atoms with Crippen LogP contribution in [0.5, 0.6) is 0 Å². The molecule has 2 heteroatoms.